The third-order valence-electron chi connectivity index (χ3n) is 3.35. The van der Waals surface area contributed by atoms with Crippen molar-refractivity contribution < 1.29 is 9.59 Å². The van der Waals surface area contributed by atoms with E-state index < -0.39 is 0 Å². The zero-order valence-electron chi connectivity index (χ0n) is 11.7. The molecule has 5 heteroatoms. The van der Waals surface area contributed by atoms with Gasteiger partial charge in [0.2, 0.25) is 5.91 Å². The number of amides is 1. The van der Waals surface area contributed by atoms with Crippen molar-refractivity contribution in [2.75, 3.05) is 31.9 Å². The molecule has 1 saturated heterocycles. The molecule has 1 amide bonds. The van der Waals surface area contributed by atoms with Crippen molar-refractivity contribution in [2.45, 2.75) is 12.2 Å². The average Bonchev–Trinajstić information content (AvgIpc) is 2.53. The normalized spacial score (nSPS) is 16.8. The van der Waals surface area contributed by atoms with Gasteiger partial charge in [-0.05, 0) is 6.92 Å². The van der Waals surface area contributed by atoms with E-state index in [4.69, 9.17) is 0 Å². The highest BCUT2D eigenvalue weighted by Crippen LogP contribution is 2.17. The summed E-state index contributed by atoms with van der Waals surface area (Å²) >= 11 is 1.42. The largest absolute Gasteiger partial charge is 0.339 e. The van der Waals surface area contributed by atoms with Crippen LogP contribution in [-0.2, 0) is 4.79 Å². The van der Waals surface area contributed by atoms with Crippen LogP contribution in [0.25, 0.3) is 0 Å². The van der Waals surface area contributed by atoms with E-state index in [9.17, 15) is 9.59 Å². The highest BCUT2D eigenvalue weighted by Gasteiger charge is 2.20. The average molecular weight is 292 g/mol. The molecular weight excluding hydrogens is 272 g/mol. The van der Waals surface area contributed by atoms with Crippen LogP contribution in [0.15, 0.2) is 30.3 Å². The Hall–Kier alpha value is -1.33. The van der Waals surface area contributed by atoms with Crippen molar-refractivity contribution >= 4 is 23.5 Å². The summed E-state index contributed by atoms with van der Waals surface area (Å²) in [7, 11) is 0. The van der Waals surface area contributed by atoms with E-state index in [1.54, 1.807) is 0 Å². The fourth-order valence-corrected chi connectivity index (χ4v) is 2.98. The van der Waals surface area contributed by atoms with E-state index in [2.05, 4.69) is 5.32 Å². The van der Waals surface area contributed by atoms with Crippen LogP contribution in [0.3, 0.4) is 0 Å². The first kappa shape index (κ1) is 15.1. The maximum Gasteiger partial charge on any atom is 0.232 e. The fraction of sp³-hybridized carbons (Fsp3) is 0.467. The zero-order valence-corrected chi connectivity index (χ0v) is 12.5. The van der Waals surface area contributed by atoms with Gasteiger partial charge in [-0.25, -0.2) is 0 Å². The molecule has 1 fully saturated rings. The zero-order chi connectivity index (χ0) is 14.4. The number of hydrogen-bond donors (Lipinski definition) is 1. The first-order valence-corrected chi connectivity index (χ1v) is 7.92. The summed E-state index contributed by atoms with van der Waals surface area (Å²) in [5.41, 5.74) is 0.710. The predicted molar refractivity (Wildman–Crippen MR) is 82.1 cm³/mol. The van der Waals surface area contributed by atoms with Crippen molar-refractivity contribution in [3.8, 4) is 0 Å². The SMILES string of the molecule is CC(SCC(=O)N1CCNCC1)C(=O)c1ccccc1. The van der Waals surface area contributed by atoms with E-state index in [-0.39, 0.29) is 16.9 Å². The lowest BCUT2D eigenvalue weighted by molar-refractivity contribution is -0.128. The van der Waals surface area contributed by atoms with Crippen molar-refractivity contribution in [3.05, 3.63) is 35.9 Å². The predicted octanol–water partition coefficient (Wildman–Crippen LogP) is 1.42. The number of nitrogens with one attached hydrogen (secondary N) is 1. The molecule has 1 heterocycles. The van der Waals surface area contributed by atoms with E-state index >= 15 is 0 Å². The number of Topliss-reactive ketones (excluding diaryl/α,β-unsaturated/α-hetero) is 1. The van der Waals surface area contributed by atoms with E-state index in [0.29, 0.717) is 11.3 Å². The second kappa shape index (κ2) is 7.45. The molecule has 4 nitrogen and oxygen atoms in total. The van der Waals surface area contributed by atoms with Crippen molar-refractivity contribution in [1.82, 2.24) is 10.2 Å². The molecule has 1 atom stereocenters. The Morgan fingerprint density at radius 2 is 1.90 bits per heavy atom. The Morgan fingerprint density at radius 3 is 2.55 bits per heavy atom. The van der Waals surface area contributed by atoms with Gasteiger partial charge in [-0.15, -0.1) is 11.8 Å². The highest BCUT2D eigenvalue weighted by molar-refractivity contribution is 8.01. The molecule has 0 spiro atoms. The fourth-order valence-electron chi connectivity index (χ4n) is 2.11. The molecule has 1 aromatic rings. The summed E-state index contributed by atoms with van der Waals surface area (Å²) in [6, 6.07) is 9.24. The number of carbonyl (C=O) groups is 2. The second-order valence-corrected chi connectivity index (χ2v) is 6.14. The van der Waals surface area contributed by atoms with Gasteiger partial charge in [0.05, 0.1) is 11.0 Å². The van der Waals surface area contributed by atoms with Gasteiger partial charge in [0.25, 0.3) is 0 Å². The minimum Gasteiger partial charge on any atom is -0.339 e. The molecule has 0 radical (unpaired) electrons. The van der Waals surface area contributed by atoms with Gasteiger partial charge in [-0.2, -0.15) is 0 Å². The van der Waals surface area contributed by atoms with Gasteiger partial charge in [-0.3, -0.25) is 9.59 Å². The molecule has 1 N–H and O–H groups in total. The van der Waals surface area contributed by atoms with Gasteiger partial charge < -0.3 is 10.2 Å². The summed E-state index contributed by atoms with van der Waals surface area (Å²) in [4.78, 5) is 26.1. The molecule has 0 saturated carbocycles. The van der Waals surface area contributed by atoms with E-state index in [1.807, 2.05) is 42.2 Å². The Bertz CT molecular complexity index is 458. The van der Waals surface area contributed by atoms with Crippen molar-refractivity contribution in [2.24, 2.45) is 0 Å². The summed E-state index contributed by atoms with van der Waals surface area (Å²) in [6.07, 6.45) is 0. The van der Waals surface area contributed by atoms with Gasteiger partial charge in [0.1, 0.15) is 0 Å². The molecule has 0 aliphatic carbocycles. The highest BCUT2D eigenvalue weighted by atomic mass is 32.2. The molecule has 1 aliphatic rings. The van der Waals surface area contributed by atoms with Gasteiger partial charge in [0.15, 0.2) is 5.78 Å². The molecule has 108 valence electrons. The molecule has 20 heavy (non-hydrogen) atoms. The minimum absolute atomic E-state index is 0.0868. The van der Waals surface area contributed by atoms with Crippen molar-refractivity contribution in [3.63, 3.8) is 0 Å². The third-order valence-corrected chi connectivity index (χ3v) is 4.48. The monoisotopic (exact) mass is 292 g/mol. The molecule has 2 rings (SSSR count). The van der Waals surface area contributed by atoms with Crippen LogP contribution in [0.5, 0.6) is 0 Å². The van der Waals surface area contributed by atoms with Crippen LogP contribution in [-0.4, -0.2) is 53.8 Å². The van der Waals surface area contributed by atoms with E-state index in [0.717, 1.165) is 26.2 Å². The Labute approximate surface area is 123 Å². The smallest absolute Gasteiger partial charge is 0.232 e. The standard InChI is InChI=1S/C15H20N2O2S/c1-12(15(19)13-5-3-2-4-6-13)20-11-14(18)17-9-7-16-8-10-17/h2-6,12,16H,7-11H2,1H3. The Kier molecular flexibility index (Phi) is 5.61. The third kappa shape index (κ3) is 4.08. The Morgan fingerprint density at radius 1 is 1.25 bits per heavy atom. The van der Waals surface area contributed by atoms with Crippen LogP contribution >= 0.6 is 11.8 Å². The first-order chi connectivity index (χ1) is 9.68. The number of thioether (sulfide) groups is 1. The van der Waals surface area contributed by atoms with Crippen molar-refractivity contribution in [1.29, 1.82) is 0 Å². The molecule has 1 aliphatic heterocycles. The van der Waals surface area contributed by atoms with Crippen LogP contribution in [0.2, 0.25) is 0 Å². The summed E-state index contributed by atoms with van der Waals surface area (Å²) in [5, 5.41) is 3.03. The maximum atomic E-state index is 12.2. The lowest BCUT2D eigenvalue weighted by Gasteiger charge is -2.27. The van der Waals surface area contributed by atoms with Crippen LogP contribution < -0.4 is 5.32 Å². The quantitative estimate of drug-likeness (QED) is 0.834. The summed E-state index contributed by atoms with van der Waals surface area (Å²) in [5.74, 6) is 0.590. The number of hydrogen-bond acceptors (Lipinski definition) is 4. The van der Waals surface area contributed by atoms with Gasteiger partial charge in [-0.1, -0.05) is 30.3 Å². The first-order valence-electron chi connectivity index (χ1n) is 6.88. The summed E-state index contributed by atoms with van der Waals surface area (Å²) < 4.78 is 0. The number of benzene rings is 1. The molecule has 0 bridgehead atoms. The lowest BCUT2D eigenvalue weighted by Crippen LogP contribution is -2.47. The van der Waals surface area contributed by atoms with Crippen LogP contribution in [0, 0.1) is 0 Å². The number of ketones is 1. The molecule has 1 aromatic carbocycles. The number of carbonyl (C=O) groups excluding carboxylic acids is 2. The summed E-state index contributed by atoms with van der Waals surface area (Å²) in [6.45, 7) is 5.11. The van der Waals surface area contributed by atoms with Crippen LogP contribution in [0.1, 0.15) is 17.3 Å². The van der Waals surface area contributed by atoms with Gasteiger partial charge >= 0.3 is 0 Å². The number of piperazine rings is 1. The molecule has 0 aromatic heterocycles. The van der Waals surface area contributed by atoms with E-state index in [1.165, 1.54) is 11.8 Å². The van der Waals surface area contributed by atoms with Crippen LogP contribution in [0.4, 0.5) is 0 Å². The second-order valence-electron chi connectivity index (χ2n) is 4.81. The topological polar surface area (TPSA) is 49.4 Å². The minimum atomic E-state index is -0.190. The maximum absolute atomic E-state index is 12.2. The lowest BCUT2D eigenvalue weighted by atomic mass is 10.1. The molecule has 1 unspecified atom stereocenters. The molecular formula is C15H20N2O2S. The van der Waals surface area contributed by atoms with Gasteiger partial charge in [0, 0.05) is 31.7 Å². The number of nitrogens with zero attached hydrogens (tertiary/aromatic N) is 1. The number of rotatable bonds is 5. The Balaban J connectivity index is 1.81.